The second kappa shape index (κ2) is 9.02. The lowest BCUT2D eigenvalue weighted by Gasteiger charge is -2.19. The molecule has 108 valence electrons. The van der Waals surface area contributed by atoms with E-state index in [9.17, 15) is 13.2 Å². The Morgan fingerprint density at radius 2 is 1.67 bits per heavy atom. The van der Waals surface area contributed by atoms with Crippen molar-refractivity contribution in [3.05, 3.63) is 0 Å². The zero-order valence-corrected chi connectivity index (χ0v) is 11.3. The molecule has 0 unspecified atom stereocenters. The third-order valence-electron chi connectivity index (χ3n) is 2.54. The highest BCUT2D eigenvalue weighted by Gasteiger charge is 2.26. The van der Waals surface area contributed by atoms with E-state index >= 15 is 0 Å². The van der Waals surface area contributed by atoms with Gasteiger partial charge in [-0.2, -0.15) is 13.2 Å². The minimum Gasteiger partial charge on any atom is -0.356 e. The van der Waals surface area contributed by atoms with Gasteiger partial charge in [0.25, 0.3) is 0 Å². The molecule has 0 aliphatic rings. The van der Waals surface area contributed by atoms with Crippen molar-refractivity contribution >= 4 is 5.96 Å². The Hall–Kier alpha value is -0.980. The number of nitrogens with one attached hydrogen (secondary N) is 2. The van der Waals surface area contributed by atoms with E-state index in [0.29, 0.717) is 12.5 Å². The number of hydrogen-bond acceptors (Lipinski definition) is 2. The van der Waals surface area contributed by atoms with Crippen LogP contribution in [0.25, 0.3) is 0 Å². The summed E-state index contributed by atoms with van der Waals surface area (Å²) in [7, 11) is 1.54. The highest BCUT2D eigenvalue weighted by atomic mass is 19.4. The maximum Gasteiger partial charge on any atom is 0.390 e. The summed E-state index contributed by atoms with van der Waals surface area (Å²) in [5.74, 6) is 0.409. The number of hydrogen-bond donors (Lipinski definition) is 2. The van der Waals surface area contributed by atoms with Crippen LogP contribution in [0.5, 0.6) is 0 Å². The van der Waals surface area contributed by atoms with Crippen LogP contribution in [-0.4, -0.2) is 56.8 Å². The highest BCUT2D eigenvalue weighted by molar-refractivity contribution is 5.79. The smallest absolute Gasteiger partial charge is 0.356 e. The van der Waals surface area contributed by atoms with Crippen molar-refractivity contribution in [3.63, 3.8) is 0 Å². The second-order valence-corrected chi connectivity index (χ2v) is 3.82. The van der Waals surface area contributed by atoms with E-state index < -0.39 is 12.6 Å². The summed E-state index contributed by atoms with van der Waals surface area (Å²) in [5, 5.41) is 5.62. The Balaban J connectivity index is 3.78. The monoisotopic (exact) mass is 268 g/mol. The summed E-state index contributed by atoms with van der Waals surface area (Å²) < 4.78 is 35.9. The molecule has 0 heterocycles. The van der Waals surface area contributed by atoms with E-state index in [1.165, 1.54) is 0 Å². The third kappa shape index (κ3) is 9.09. The fourth-order valence-electron chi connectivity index (χ4n) is 1.42. The minimum atomic E-state index is -4.13. The van der Waals surface area contributed by atoms with Gasteiger partial charge in [-0.15, -0.1) is 0 Å². The lowest BCUT2D eigenvalue weighted by atomic mass is 10.4. The van der Waals surface area contributed by atoms with Gasteiger partial charge in [0, 0.05) is 26.7 Å². The van der Waals surface area contributed by atoms with Crippen molar-refractivity contribution in [2.75, 3.05) is 39.8 Å². The highest BCUT2D eigenvalue weighted by Crippen LogP contribution is 2.17. The Labute approximate surface area is 107 Å². The summed E-state index contributed by atoms with van der Waals surface area (Å²) >= 11 is 0. The van der Waals surface area contributed by atoms with Gasteiger partial charge in [0.15, 0.2) is 5.96 Å². The van der Waals surface area contributed by atoms with Crippen molar-refractivity contribution < 1.29 is 13.2 Å². The molecular formula is C11H23F3N4. The number of guanidine groups is 1. The van der Waals surface area contributed by atoms with Crippen LogP contribution in [-0.2, 0) is 0 Å². The number of alkyl halides is 3. The fraction of sp³-hybridized carbons (Fsp3) is 0.909. The quantitative estimate of drug-likeness (QED) is 0.542. The number of halogens is 3. The summed E-state index contributed by atoms with van der Waals surface area (Å²) in [6, 6.07) is 0. The Kier molecular flexibility index (Phi) is 8.53. The van der Waals surface area contributed by atoms with Crippen LogP contribution in [0.15, 0.2) is 4.99 Å². The van der Waals surface area contributed by atoms with Crippen molar-refractivity contribution in [2.24, 2.45) is 4.99 Å². The topological polar surface area (TPSA) is 39.7 Å². The van der Waals surface area contributed by atoms with Crippen LogP contribution in [0, 0.1) is 0 Å². The molecule has 7 heteroatoms. The summed E-state index contributed by atoms with van der Waals surface area (Å²) in [4.78, 5) is 6.08. The molecule has 0 aliphatic carbocycles. The molecule has 4 nitrogen and oxygen atoms in total. The number of likely N-dealkylation sites (N-methyl/N-ethyl adjacent to an activating group) is 1. The molecule has 0 radical (unpaired) electrons. The standard InChI is InChI=1S/C11H23F3N4/c1-4-18(5-2)9-8-17-10(15-3)16-7-6-11(12,13)14/h4-9H2,1-3H3,(H2,15,16,17). The van der Waals surface area contributed by atoms with Gasteiger partial charge in [-0.25, -0.2) is 0 Å². The van der Waals surface area contributed by atoms with Gasteiger partial charge < -0.3 is 15.5 Å². The lowest BCUT2D eigenvalue weighted by molar-refractivity contribution is -0.132. The minimum absolute atomic E-state index is 0.158. The first kappa shape index (κ1) is 17.0. The average molecular weight is 268 g/mol. The average Bonchev–Trinajstić information content (AvgIpc) is 2.31. The van der Waals surface area contributed by atoms with Crippen LogP contribution in [0.4, 0.5) is 13.2 Å². The molecule has 2 N–H and O–H groups in total. The predicted octanol–water partition coefficient (Wildman–Crippen LogP) is 1.45. The largest absolute Gasteiger partial charge is 0.390 e. The van der Waals surface area contributed by atoms with Gasteiger partial charge in [-0.05, 0) is 13.1 Å². The number of aliphatic imine (C=N–C) groups is 1. The summed E-state index contributed by atoms with van der Waals surface area (Å²) in [6.45, 7) is 7.39. The van der Waals surface area contributed by atoms with E-state index in [1.54, 1.807) is 7.05 Å². The van der Waals surface area contributed by atoms with Gasteiger partial charge in [0.1, 0.15) is 0 Å². The first-order valence-electron chi connectivity index (χ1n) is 6.16. The normalized spacial score (nSPS) is 12.9. The van der Waals surface area contributed by atoms with Crippen LogP contribution in [0.2, 0.25) is 0 Å². The maximum absolute atomic E-state index is 12.0. The van der Waals surface area contributed by atoms with Crippen LogP contribution < -0.4 is 10.6 Å². The molecule has 0 saturated heterocycles. The lowest BCUT2D eigenvalue weighted by Crippen LogP contribution is -2.42. The Morgan fingerprint density at radius 1 is 1.11 bits per heavy atom. The summed E-state index contributed by atoms with van der Waals surface area (Å²) in [5.41, 5.74) is 0. The molecule has 0 rings (SSSR count). The number of rotatable bonds is 7. The molecule has 0 spiro atoms. The molecule has 0 aliphatic heterocycles. The first-order valence-corrected chi connectivity index (χ1v) is 6.16. The maximum atomic E-state index is 12.0. The van der Waals surface area contributed by atoms with Crippen molar-refractivity contribution in [2.45, 2.75) is 26.4 Å². The molecule has 0 atom stereocenters. The van der Waals surface area contributed by atoms with Gasteiger partial charge >= 0.3 is 6.18 Å². The van der Waals surface area contributed by atoms with Crippen LogP contribution >= 0.6 is 0 Å². The molecular weight excluding hydrogens is 245 g/mol. The van der Waals surface area contributed by atoms with E-state index in [0.717, 1.165) is 19.6 Å². The van der Waals surface area contributed by atoms with E-state index in [1.807, 2.05) is 0 Å². The zero-order valence-electron chi connectivity index (χ0n) is 11.3. The molecule has 0 aromatic carbocycles. The van der Waals surface area contributed by atoms with E-state index in [2.05, 4.69) is 34.4 Å². The fourth-order valence-corrected chi connectivity index (χ4v) is 1.42. The van der Waals surface area contributed by atoms with Gasteiger partial charge in [-0.1, -0.05) is 13.8 Å². The van der Waals surface area contributed by atoms with Crippen molar-refractivity contribution in [1.82, 2.24) is 15.5 Å². The SMILES string of the molecule is CCN(CC)CCNC(=NC)NCCC(F)(F)F. The van der Waals surface area contributed by atoms with E-state index in [4.69, 9.17) is 0 Å². The Bertz CT molecular complexity index is 237. The molecule has 0 fully saturated rings. The molecule has 0 aromatic heterocycles. The van der Waals surface area contributed by atoms with Crippen molar-refractivity contribution in [1.29, 1.82) is 0 Å². The predicted molar refractivity (Wildman–Crippen MR) is 67.8 cm³/mol. The number of nitrogens with zero attached hydrogens (tertiary/aromatic N) is 2. The first-order chi connectivity index (χ1) is 8.42. The third-order valence-corrected chi connectivity index (χ3v) is 2.54. The van der Waals surface area contributed by atoms with Crippen molar-refractivity contribution in [3.8, 4) is 0 Å². The Morgan fingerprint density at radius 3 is 2.11 bits per heavy atom. The molecule has 0 aromatic rings. The molecule has 18 heavy (non-hydrogen) atoms. The van der Waals surface area contributed by atoms with Gasteiger partial charge in [0.2, 0.25) is 0 Å². The van der Waals surface area contributed by atoms with Crippen LogP contribution in [0.1, 0.15) is 20.3 Å². The summed E-state index contributed by atoms with van der Waals surface area (Å²) in [6.07, 6.45) is -4.99. The van der Waals surface area contributed by atoms with E-state index in [-0.39, 0.29) is 6.54 Å². The molecule has 0 bridgehead atoms. The van der Waals surface area contributed by atoms with Crippen LogP contribution in [0.3, 0.4) is 0 Å². The zero-order chi connectivity index (χ0) is 14.0. The second-order valence-electron chi connectivity index (χ2n) is 3.82. The molecule has 0 amide bonds. The van der Waals surface area contributed by atoms with Gasteiger partial charge in [-0.3, -0.25) is 4.99 Å². The van der Waals surface area contributed by atoms with Gasteiger partial charge in [0.05, 0.1) is 6.42 Å². The molecule has 0 saturated carbocycles.